The molecule has 0 spiro atoms. The number of hydrogen-bond acceptors (Lipinski definition) is 4. The van der Waals surface area contributed by atoms with Gasteiger partial charge in [0.25, 0.3) is 0 Å². The first-order chi connectivity index (χ1) is 8.95. The van der Waals surface area contributed by atoms with Gasteiger partial charge in [0.05, 0.1) is 24.4 Å². The number of carbonyl (C=O) groups excluding carboxylic acids is 1. The lowest BCUT2D eigenvalue weighted by molar-refractivity contribution is 0.0491. The third kappa shape index (κ3) is 4.63. The SMILES string of the molecule is COc1cc(N)c(Cl)cc1C(=O)OCCCC(C)C. The maximum absolute atomic E-state index is 11.9. The van der Waals surface area contributed by atoms with E-state index >= 15 is 0 Å². The molecule has 0 heterocycles. The zero-order valence-corrected chi connectivity index (χ0v) is 12.3. The summed E-state index contributed by atoms with van der Waals surface area (Å²) < 4.78 is 10.3. The topological polar surface area (TPSA) is 61.5 Å². The van der Waals surface area contributed by atoms with E-state index in [0.717, 1.165) is 12.8 Å². The van der Waals surface area contributed by atoms with Crippen LogP contribution >= 0.6 is 11.6 Å². The van der Waals surface area contributed by atoms with Gasteiger partial charge in [-0.3, -0.25) is 0 Å². The molecule has 0 unspecified atom stereocenters. The van der Waals surface area contributed by atoms with Crippen molar-refractivity contribution in [1.29, 1.82) is 0 Å². The van der Waals surface area contributed by atoms with E-state index in [2.05, 4.69) is 13.8 Å². The molecule has 0 radical (unpaired) electrons. The second-order valence-corrected chi connectivity index (χ2v) is 5.15. The number of nitrogens with two attached hydrogens (primary N) is 1. The van der Waals surface area contributed by atoms with Crippen LogP contribution in [0.3, 0.4) is 0 Å². The normalized spacial score (nSPS) is 10.6. The molecule has 0 bridgehead atoms. The van der Waals surface area contributed by atoms with Crippen LogP contribution in [0.15, 0.2) is 12.1 Å². The minimum absolute atomic E-state index is 0.297. The van der Waals surface area contributed by atoms with Crippen molar-refractivity contribution in [2.45, 2.75) is 26.7 Å². The molecule has 0 aliphatic heterocycles. The van der Waals surface area contributed by atoms with Crippen LogP contribution in [0.1, 0.15) is 37.0 Å². The van der Waals surface area contributed by atoms with Gasteiger partial charge in [0.15, 0.2) is 0 Å². The smallest absolute Gasteiger partial charge is 0.341 e. The summed E-state index contributed by atoms with van der Waals surface area (Å²) in [6.45, 7) is 4.65. The number of benzene rings is 1. The number of halogens is 1. The molecule has 0 atom stereocenters. The molecule has 0 amide bonds. The third-order valence-electron chi connectivity index (χ3n) is 2.70. The molecule has 106 valence electrons. The summed E-state index contributed by atoms with van der Waals surface area (Å²) in [5.74, 6) is 0.525. The summed E-state index contributed by atoms with van der Waals surface area (Å²) in [6.07, 6.45) is 1.86. The quantitative estimate of drug-likeness (QED) is 0.493. The molecule has 1 aromatic carbocycles. The number of rotatable bonds is 6. The van der Waals surface area contributed by atoms with Crippen LogP contribution in [0.5, 0.6) is 5.75 Å². The Hall–Kier alpha value is -1.42. The van der Waals surface area contributed by atoms with E-state index in [1.54, 1.807) is 0 Å². The lowest BCUT2D eigenvalue weighted by Gasteiger charge is -2.11. The Kier molecular flexibility index (Phi) is 5.96. The van der Waals surface area contributed by atoms with Gasteiger partial charge in [-0.15, -0.1) is 0 Å². The van der Waals surface area contributed by atoms with Crippen molar-refractivity contribution < 1.29 is 14.3 Å². The molecule has 0 fully saturated rings. The highest BCUT2D eigenvalue weighted by Gasteiger charge is 2.16. The van der Waals surface area contributed by atoms with E-state index in [0.29, 0.717) is 34.5 Å². The molecule has 5 heteroatoms. The van der Waals surface area contributed by atoms with Gasteiger partial charge < -0.3 is 15.2 Å². The molecule has 0 aromatic heterocycles. The van der Waals surface area contributed by atoms with Crippen molar-refractivity contribution in [2.24, 2.45) is 5.92 Å². The van der Waals surface area contributed by atoms with E-state index < -0.39 is 5.97 Å². The highest BCUT2D eigenvalue weighted by atomic mass is 35.5. The van der Waals surface area contributed by atoms with E-state index in [-0.39, 0.29) is 0 Å². The summed E-state index contributed by atoms with van der Waals surface area (Å²) >= 11 is 5.90. The van der Waals surface area contributed by atoms with Crippen molar-refractivity contribution in [3.05, 3.63) is 22.7 Å². The lowest BCUT2D eigenvalue weighted by Crippen LogP contribution is -2.09. The molecule has 0 saturated heterocycles. The predicted molar refractivity (Wildman–Crippen MR) is 76.8 cm³/mol. The molecule has 2 N–H and O–H groups in total. The highest BCUT2D eigenvalue weighted by Crippen LogP contribution is 2.29. The number of carbonyl (C=O) groups is 1. The van der Waals surface area contributed by atoms with Crippen LogP contribution in [-0.2, 0) is 4.74 Å². The van der Waals surface area contributed by atoms with Gasteiger partial charge in [0, 0.05) is 6.07 Å². The molecule has 0 aliphatic rings. The predicted octanol–water partition coefficient (Wildman–Crippen LogP) is 3.52. The Balaban J connectivity index is 2.68. The van der Waals surface area contributed by atoms with Crippen LogP contribution in [0.2, 0.25) is 5.02 Å². The van der Waals surface area contributed by atoms with Crippen LogP contribution in [-0.4, -0.2) is 19.7 Å². The summed E-state index contributed by atoms with van der Waals surface area (Å²) in [7, 11) is 1.47. The molecular formula is C14H20ClNO3. The van der Waals surface area contributed by atoms with E-state index in [9.17, 15) is 4.79 Å². The van der Waals surface area contributed by atoms with Crippen LogP contribution in [0.25, 0.3) is 0 Å². The van der Waals surface area contributed by atoms with Gasteiger partial charge in [-0.25, -0.2) is 4.79 Å². The standard InChI is InChI=1S/C14H20ClNO3/c1-9(2)5-4-6-19-14(17)10-7-11(15)12(16)8-13(10)18-3/h7-9H,4-6,16H2,1-3H3. The van der Waals surface area contributed by atoms with Crippen molar-refractivity contribution in [3.8, 4) is 5.75 Å². The van der Waals surface area contributed by atoms with Gasteiger partial charge in [0.2, 0.25) is 0 Å². The van der Waals surface area contributed by atoms with Gasteiger partial charge in [0.1, 0.15) is 11.3 Å². The lowest BCUT2D eigenvalue weighted by atomic mass is 10.1. The Bertz CT molecular complexity index is 447. The maximum atomic E-state index is 11.9. The highest BCUT2D eigenvalue weighted by molar-refractivity contribution is 6.33. The Morgan fingerprint density at radius 1 is 1.42 bits per heavy atom. The zero-order chi connectivity index (χ0) is 14.4. The Morgan fingerprint density at radius 3 is 2.68 bits per heavy atom. The average molecular weight is 286 g/mol. The van der Waals surface area contributed by atoms with Crippen molar-refractivity contribution >= 4 is 23.3 Å². The minimum Gasteiger partial charge on any atom is -0.496 e. The second-order valence-electron chi connectivity index (χ2n) is 4.75. The molecule has 4 nitrogen and oxygen atoms in total. The largest absolute Gasteiger partial charge is 0.496 e. The first kappa shape index (κ1) is 15.6. The first-order valence-corrected chi connectivity index (χ1v) is 6.63. The molecule has 1 aromatic rings. The summed E-state index contributed by atoms with van der Waals surface area (Å²) in [4.78, 5) is 11.9. The van der Waals surface area contributed by atoms with Gasteiger partial charge in [-0.1, -0.05) is 25.4 Å². The van der Waals surface area contributed by atoms with Gasteiger partial charge in [-0.05, 0) is 24.8 Å². The summed E-state index contributed by atoms with van der Waals surface area (Å²) in [6, 6.07) is 2.99. The fraction of sp³-hybridized carbons (Fsp3) is 0.500. The van der Waals surface area contributed by atoms with Crippen LogP contribution in [0, 0.1) is 5.92 Å². The summed E-state index contributed by atoms with van der Waals surface area (Å²) in [5, 5.41) is 0.315. The molecule has 0 aliphatic carbocycles. The first-order valence-electron chi connectivity index (χ1n) is 6.25. The van der Waals surface area contributed by atoms with Crippen LogP contribution < -0.4 is 10.5 Å². The minimum atomic E-state index is -0.442. The Labute approximate surface area is 118 Å². The Morgan fingerprint density at radius 2 is 2.11 bits per heavy atom. The number of nitrogen functional groups attached to an aromatic ring is 1. The zero-order valence-electron chi connectivity index (χ0n) is 11.5. The second kappa shape index (κ2) is 7.24. The number of methoxy groups -OCH3 is 1. The fourth-order valence-corrected chi connectivity index (χ4v) is 1.80. The average Bonchev–Trinajstić information content (AvgIpc) is 2.36. The number of esters is 1. The van der Waals surface area contributed by atoms with Crippen molar-refractivity contribution in [1.82, 2.24) is 0 Å². The van der Waals surface area contributed by atoms with Gasteiger partial charge >= 0.3 is 5.97 Å². The van der Waals surface area contributed by atoms with E-state index in [1.807, 2.05) is 0 Å². The van der Waals surface area contributed by atoms with E-state index in [1.165, 1.54) is 19.2 Å². The third-order valence-corrected chi connectivity index (χ3v) is 3.03. The van der Waals surface area contributed by atoms with Crippen LogP contribution in [0.4, 0.5) is 5.69 Å². The molecule has 19 heavy (non-hydrogen) atoms. The maximum Gasteiger partial charge on any atom is 0.341 e. The van der Waals surface area contributed by atoms with E-state index in [4.69, 9.17) is 26.8 Å². The van der Waals surface area contributed by atoms with Crippen molar-refractivity contribution in [3.63, 3.8) is 0 Å². The van der Waals surface area contributed by atoms with Crippen molar-refractivity contribution in [2.75, 3.05) is 19.5 Å². The van der Waals surface area contributed by atoms with Gasteiger partial charge in [-0.2, -0.15) is 0 Å². The number of anilines is 1. The number of hydrogen-bond donors (Lipinski definition) is 1. The fourth-order valence-electron chi connectivity index (χ4n) is 1.63. The molecular weight excluding hydrogens is 266 g/mol. The number of ether oxygens (including phenoxy) is 2. The summed E-state index contributed by atoms with van der Waals surface area (Å²) in [5.41, 5.74) is 6.32. The monoisotopic (exact) mass is 285 g/mol. The molecule has 1 rings (SSSR count). The molecule has 0 saturated carbocycles.